The highest BCUT2D eigenvalue weighted by Gasteiger charge is 2.26. The molecular weight excluding hydrogens is 404 g/mol. The quantitative estimate of drug-likeness (QED) is 0.621. The number of carbonyl (C=O) groups excluding carboxylic acids is 2. The minimum Gasteiger partial charge on any atom is -0.452 e. The highest BCUT2D eigenvalue weighted by atomic mass is 35.5. The number of likely N-dealkylation sites (tertiary alicyclic amines) is 1. The highest BCUT2D eigenvalue weighted by Crippen LogP contribution is 2.24. The van der Waals surface area contributed by atoms with E-state index < -0.39 is 22.6 Å². The fourth-order valence-electron chi connectivity index (χ4n) is 3.25. The molecule has 1 fully saturated rings. The smallest absolute Gasteiger partial charge is 0.340 e. The van der Waals surface area contributed by atoms with Gasteiger partial charge in [-0.3, -0.25) is 4.79 Å². The van der Waals surface area contributed by atoms with Crippen LogP contribution in [0.2, 0.25) is 5.02 Å². The Morgan fingerprint density at radius 3 is 2.57 bits per heavy atom. The molecule has 1 unspecified atom stereocenters. The first-order valence-electron chi connectivity index (χ1n) is 9.45. The summed E-state index contributed by atoms with van der Waals surface area (Å²) < 4.78 is 31.7. The van der Waals surface area contributed by atoms with Crippen molar-refractivity contribution in [3.05, 3.63) is 28.8 Å². The first-order chi connectivity index (χ1) is 13.2. The van der Waals surface area contributed by atoms with Gasteiger partial charge in [0, 0.05) is 26.2 Å². The molecular formula is C19H27ClN2O5S. The molecule has 2 rings (SSSR count). The molecule has 1 aromatic carbocycles. The van der Waals surface area contributed by atoms with Crippen LogP contribution in [0, 0.1) is 5.92 Å². The summed E-state index contributed by atoms with van der Waals surface area (Å²) in [5, 5.41) is 0.0718. The summed E-state index contributed by atoms with van der Waals surface area (Å²) in [7, 11) is -3.74. The van der Waals surface area contributed by atoms with Gasteiger partial charge in [-0.25, -0.2) is 13.2 Å². The molecule has 0 aliphatic carbocycles. The van der Waals surface area contributed by atoms with Gasteiger partial charge in [0.25, 0.3) is 5.91 Å². The maximum atomic E-state index is 12.7. The Morgan fingerprint density at radius 2 is 1.96 bits per heavy atom. The molecule has 1 aliphatic heterocycles. The summed E-state index contributed by atoms with van der Waals surface area (Å²) in [6.45, 7) is 7.07. The molecule has 1 aromatic rings. The predicted molar refractivity (Wildman–Crippen MR) is 107 cm³/mol. The van der Waals surface area contributed by atoms with Gasteiger partial charge in [-0.05, 0) is 37.0 Å². The number of rotatable bonds is 7. The molecule has 28 heavy (non-hydrogen) atoms. The van der Waals surface area contributed by atoms with Crippen molar-refractivity contribution in [1.29, 1.82) is 0 Å². The van der Waals surface area contributed by atoms with E-state index in [0.29, 0.717) is 32.1 Å². The largest absolute Gasteiger partial charge is 0.452 e. The van der Waals surface area contributed by atoms with Gasteiger partial charge < -0.3 is 9.64 Å². The van der Waals surface area contributed by atoms with Crippen LogP contribution in [-0.2, 0) is 19.6 Å². The molecule has 0 saturated carbocycles. The van der Waals surface area contributed by atoms with E-state index in [9.17, 15) is 18.0 Å². The van der Waals surface area contributed by atoms with Crippen molar-refractivity contribution >= 4 is 33.5 Å². The molecule has 0 spiro atoms. The fraction of sp³-hybridized carbons (Fsp3) is 0.579. The minimum absolute atomic E-state index is 0.0382. The van der Waals surface area contributed by atoms with Crippen LogP contribution in [0.1, 0.15) is 44.0 Å². The number of sulfonamides is 1. The molecule has 7 nitrogen and oxygen atoms in total. The van der Waals surface area contributed by atoms with Gasteiger partial charge in [0.05, 0.1) is 15.5 Å². The number of nitrogens with zero attached hydrogens (tertiary/aromatic N) is 2. The summed E-state index contributed by atoms with van der Waals surface area (Å²) in [5.74, 6) is -0.659. The number of hydrogen-bond acceptors (Lipinski definition) is 5. The molecule has 0 bridgehead atoms. The van der Waals surface area contributed by atoms with Gasteiger partial charge in [0.2, 0.25) is 10.0 Å². The summed E-state index contributed by atoms with van der Waals surface area (Å²) >= 11 is 6.07. The molecule has 1 atom stereocenters. The second-order valence-electron chi connectivity index (χ2n) is 6.89. The van der Waals surface area contributed by atoms with E-state index in [2.05, 4.69) is 6.92 Å². The minimum atomic E-state index is -3.74. The molecule has 1 heterocycles. The molecule has 0 radical (unpaired) electrons. The number of benzene rings is 1. The Kier molecular flexibility index (Phi) is 7.86. The summed E-state index contributed by atoms with van der Waals surface area (Å²) in [6, 6.07) is 3.90. The fourth-order valence-corrected chi connectivity index (χ4v) is 4.93. The van der Waals surface area contributed by atoms with Crippen LogP contribution in [0.25, 0.3) is 0 Å². The molecule has 0 aromatic heterocycles. The average molecular weight is 431 g/mol. The van der Waals surface area contributed by atoms with E-state index in [4.69, 9.17) is 16.3 Å². The molecule has 1 amide bonds. The number of hydrogen-bond donors (Lipinski definition) is 0. The highest BCUT2D eigenvalue weighted by molar-refractivity contribution is 7.89. The van der Waals surface area contributed by atoms with Gasteiger partial charge in [0.15, 0.2) is 6.61 Å². The third-order valence-electron chi connectivity index (χ3n) is 4.84. The standard InChI is InChI=1S/C19H27ClN2O5S/c1-4-22(5-2)28(25,26)15-8-9-17(20)16(11-15)19(24)27-13-18(23)21-10-6-7-14(3)12-21/h8-9,11,14H,4-7,10,12-13H2,1-3H3. The molecule has 0 N–H and O–H groups in total. The molecule has 156 valence electrons. The third-order valence-corrected chi connectivity index (χ3v) is 7.21. The number of amides is 1. The normalized spacial score (nSPS) is 17.6. The van der Waals surface area contributed by atoms with Gasteiger partial charge >= 0.3 is 5.97 Å². The first-order valence-corrected chi connectivity index (χ1v) is 11.3. The van der Waals surface area contributed by atoms with E-state index in [-0.39, 0.29) is 21.4 Å². The predicted octanol–water partition coefficient (Wildman–Crippen LogP) is 2.79. The summed E-state index contributed by atoms with van der Waals surface area (Å²) in [6.07, 6.45) is 2.00. The lowest BCUT2D eigenvalue weighted by atomic mass is 10.0. The topological polar surface area (TPSA) is 84.0 Å². The van der Waals surface area contributed by atoms with Gasteiger partial charge in [0.1, 0.15) is 0 Å². The maximum absolute atomic E-state index is 12.7. The Labute approximate surface area is 171 Å². The van der Waals surface area contributed by atoms with Gasteiger partial charge in [-0.2, -0.15) is 4.31 Å². The van der Waals surface area contributed by atoms with Crippen LogP contribution in [0.5, 0.6) is 0 Å². The van der Waals surface area contributed by atoms with E-state index in [1.807, 2.05) is 0 Å². The monoisotopic (exact) mass is 430 g/mol. The lowest BCUT2D eigenvalue weighted by Gasteiger charge is -2.30. The maximum Gasteiger partial charge on any atom is 0.340 e. The Balaban J connectivity index is 2.12. The summed E-state index contributed by atoms with van der Waals surface area (Å²) in [4.78, 5) is 26.3. The average Bonchev–Trinajstić information content (AvgIpc) is 2.66. The second kappa shape index (κ2) is 9.71. The van der Waals surface area contributed by atoms with Crippen LogP contribution >= 0.6 is 11.6 Å². The van der Waals surface area contributed by atoms with Gasteiger partial charge in [-0.1, -0.05) is 32.4 Å². The van der Waals surface area contributed by atoms with Gasteiger partial charge in [-0.15, -0.1) is 0 Å². The van der Waals surface area contributed by atoms with Crippen LogP contribution in [-0.4, -0.2) is 62.3 Å². The number of esters is 1. The van der Waals surface area contributed by atoms with Crippen LogP contribution in [0.3, 0.4) is 0 Å². The van der Waals surface area contributed by atoms with Crippen molar-refractivity contribution in [2.45, 2.75) is 38.5 Å². The zero-order valence-electron chi connectivity index (χ0n) is 16.5. The van der Waals surface area contributed by atoms with E-state index >= 15 is 0 Å². The second-order valence-corrected chi connectivity index (χ2v) is 9.24. The van der Waals surface area contributed by atoms with Crippen LogP contribution < -0.4 is 0 Å². The van der Waals surface area contributed by atoms with Crippen molar-refractivity contribution in [2.75, 3.05) is 32.8 Å². The molecule has 9 heteroatoms. The zero-order valence-corrected chi connectivity index (χ0v) is 18.1. The lowest BCUT2D eigenvalue weighted by molar-refractivity contribution is -0.136. The Bertz CT molecular complexity index is 824. The lowest BCUT2D eigenvalue weighted by Crippen LogP contribution is -2.41. The van der Waals surface area contributed by atoms with Crippen molar-refractivity contribution in [2.24, 2.45) is 5.92 Å². The first kappa shape index (κ1) is 22.6. The van der Waals surface area contributed by atoms with Crippen molar-refractivity contribution in [1.82, 2.24) is 9.21 Å². The third kappa shape index (κ3) is 5.24. The number of halogens is 1. The van der Waals surface area contributed by atoms with E-state index in [1.165, 1.54) is 22.5 Å². The number of ether oxygens (including phenoxy) is 1. The van der Waals surface area contributed by atoms with Crippen molar-refractivity contribution < 1.29 is 22.7 Å². The zero-order chi connectivity index (χ0) is 20.9. The summed E-state index contributed by atoms with van der Waals surface area (Å²) in [5.41, 5.74) is -0.0743. The van der Waals surface area contributed by atoms with Crippen LogP contribution in [0.15, 0.2) is 23.1 Å². The SMILES string of the molecule is CCN(CC)S(=O)(=O)c1ccc(Cl)c(C(=O)OCC(=O)N2CCCC(C)C2)c1. The van der Waals surface area contributed by atoms with Crippen molar-refractivity contribution in [3.63, 3.8) is 0 Å². The van der Waals surface area contributed by atoms with E-state index in [1.54, 1.807) is 18.7 Å². The Hall–Kier alpha value is -1.64. The molecule has 1 aliphatic rings. The van der Waals surface area contributed by atoms with E-state index in [0.717, 1.165) is 12.8 Å². The number of carbonyl (C=O) groups is 2. The molecule has 1 saturated heterocycles. The van der Waals surface area contributed by atoms with Crippen molar-refractivity contribution in [3.8, 4) is 0 Å². The number of piperidine rings is 1. The van der Waals surface area contributed by atoms with Crippen LogP contribution in [0.4, 0.5) is 0 Å². The Morgan fingerprint density at radius 1 is 1.29 bits per heavy atom.